The second-order valence-electron chi connectivity index (χ2n) is 4.06. The number of carbonyl (C=O) groups is 1. The number of rotatable bonds is 4. The summed E-state index contributed by atoms with van der Waals surface area (Å²) in [4.78, 5) is 16.0. The van der Waals surface area contributed by atoms with Gasteiger partial charge in [0.15, 0.2) is 0 Å². The van der Waals surface area contributed by atoms with Crippen LogP contribution >= 0.6 is 11.3 Å². The number of hydrogen-bond acceptors (Lipinski definition) is 5. The minimum atomic E-state index is -0.193. The van der Waals surface area contributed by atoms with Crippen molar-refractivity contribution in [2.45, 2.75) is 19.5 Å². The number of nitrogens with zero attached hydrogens (tertiary/aromatic N) is 3. The van der Waals surface area contributed by atoms with Gasteiger partial charge in [-0.15, -0.1) is 11.3 Å². The van der Waals surface area contributed by atoms with Gasteiger partial charge in [0.25, 0.3) is 5.91 Å². The molecule has 0 aliphatic heterocycles. The molecule has 0 aromatic carbocycles. The third kappa shape index (κ3) is 2.93. The first kappa shape index (κ1) is 12.7. The van der Waals surface area contributed by atoms with Crippen LogP contribution in [0.5, 0.6) is 0 Å². The van der Waals surface area contributed by atoms with E-state index in [1.54, 1.807) is 16.3 Å². The van der Waals surface area contributed by atoms with Crippen molar-refractivity contribution >= 4 is 17.2 Å². The molecule has 1 unspecified atom stereocenters. The minimum absolute atomic E-state index is 0.144. The third-order valence-electron chi connectivity index (χ3n) is 2.36. The Labute approximate surface area is 109 Å². The molecule has 3 N–H and O–H groups in total. The normalized spacial score (nSPS) is 12.4. The summed E-state index contributed by atoms with van der Waals surface area (Å²) in [6.07, 6.45) is 3.57. The van der Waals surface area contributed by atoms with Gasteiger partial charge in [-0.2, -0.15) is 5.10 Å². The number of nitrogens with two attached hydrogens (primary N) is 1. The van der Waals surface area contributed by atoms with Gasteiger partial charge in [0.05, 0.1) is 12.2 Å². The summed E-state index contributed by atoms with van der Waals surface area (Å²) in [6.45, 7) is 2.29. The standard InChI is InChI=1S/C11H15N5OS/c1-7(12)11-15-9(6-18-11)10(17)13-3-8-4-14-16(2)5-8/h4-7H,3,12H2,1-2H3,(H,13,17). The molecule has 0 saturated carbocycles. The summed E-state index contributed by atoms with van der Waals surface area (Å²) in [5, 5.41) is 9.31. The number of aryl methyl sites for hydroxylation is 1. The lowest BCUT2D eigenvalue weighted by Crippen LogP contribution is -2.23. The monoisotopic (exact) mass is 265 g/mol. The highest BCUT2D eigenvalue weighted by Crippen LogP contribution is 2.15. The van der Waals surface area contributed by atoms with E-state index >= 15 is 0 Å². The van der Waals surface area contributed by atoms with Crippen LogP contribution in [0.3, 0.4) is 0 Å². The van der Waals surface area contributed by atoms with Crippen LogP contribution in [0.25, 0.3) is 0 Å². The molecule has 7 heteroatoms. The lowest BCUT2D eigenvalue weighted by Gasteiger charge is -2.00. The van der Waals surface area contributed by atoms with Crippen LogP contribution in [0.2, 0.25) is 0 Å². The van der Waals surface area contributed by atoms with Gasteiger partial charge in [-0.25, -0.2) is 4.98 Å². The molecule has 0 saturated heterocycles. The highest BCUT2D eigenvalue weighted by Gasteiger charge is 2.12. The maximum absolute atomic E-state index is 11.8. The summed E-state index contributed by atoms with van der Waals surface area (Å²) < 4.78 is 1.69. The Hall–Kier alpha value is -1.73. The second kappa shape index (κ2) is 5.28. The molecule has 0 fully saturated rings. The molecule has 1 amide bonds. The summed E-state index contributed by atoms with van der Waals surface area (Å²) in [5.74, 6) is -0.193. The molecule has 2 heterocycles. The fraction of sp³-hybridized carbons (Fsp3) is 0.364. The molecule has 2 aromatic heterocycles. The van der Waals surface area contributed by atoms with Gasteiger partial charge in [-0.1, -0.05) is 0 Å². The second-order valence-corrected chi connectivity index (χ2v) is 4.95. The van der Waals surface area contributed by atoms with Crippen LogP contribution in [0, 0.1) is 0 Å². The molecule has 0 aliphatic carbocycles. The molecule has 0 aliphatic rings. The van der Waals surface area contributed by atoms with Crippen molar-refractivity contribution in [2.75, 3.05) is 0 Å². The van der Waals surface area contributed by atoms with Gasteiger partial charge in [0.1, 0.15) is 10.7 Å². The van der Waals surface area contributed by atoms with Crippen LogP contribution in [-0.2, 0) is 13.6 Å². The molecule has 0 radical (unpaired) electrons. The molecule has 1 atom stereocenters. The van der Waals surface area contributed by atoms with E-state index in [9.17, 15) is 4.79 Å². The van der Waals surface area contributed by atoms with Crippen molar-refractivity contribution in [2.24, 2.45) is 12.8 Å². The minimum Gasteiger partial charge on any atom is -0.346 e. The van der Waals surface area contributed by atoms with Crippen LogP contribution in [0.4, 0.5) is 0 Å². The summed E-state index contributed by atoms with van der Waals surface area (Å²) >= 11 is 1.40. The van der Waals surface area contributed by atoms with Crippen LogP contribution in [0.15, 0.2) is 17.8 Å². The average molecular weight is 265 g/mol. The maximum Gasteiger partial charge on any atom is 0.271 e. The zero-order chi connectivity index (χ0) is 13.1. The van der Waals surface area contributed by atoms with Gasteiger partial charge in [-0.05, 0) is 6.92 Å². The van der Waals surface area contributed by atoms with Gasteiger partial charge in [-0.3, -0.25) is 9.48 Å². The number of carbonyl (C=O) groups excluding carboxylic acids is 1. The zero-order valence-electron chi connectivity index (χ0n) is 10.3. The Morgan fingerprint density at radius 1 is 1.67 bits per heavy atom. The van der Waals surface area contributed by atoms with Crippen molar-refractivity contribution in [3.63, 3.8) is 0 Å². The number of aromatic nitrogens is 3. The lowest BCUT2D eigenvalue weighted by atomic mass is 10.3. The van der Waals surface area contributed by atoms with E-state index in [1.807, 2.05) is 20.2 Å². The number of nitrogens with one attached hydrogen (secondary N) is 1. The van der Waals surface area contributed by atoms with Gasteiger partial charge in [0, 0.05) is 30.7 Å². The van der Waals surface area contributed by atoms with E-state index in [0.29, 0.717) is 12.2 Å². The SMILES string of the molecule is CC(N)c1nc(C(=O)NCc2cnn(C)c2)cs1. The van der Waals surface area contributed by atoms with E-state index in [1.165, 1.54) is 11.3 Å². The van der Waals surface area contributed by atoms with Gasteiger partial charge in [0.2, 0.25) is 0 Å². The predicted octanol–water partition coefficient (Wildman–Crippen LogP) is 0.826. The first-order valence-electron chi connectivity index (χ1n) is 5.53. The van der Waals surface area contributed by atoms with Crippen LogP contribution in [-0.4, -0.2) is 20.7 Å². The van der Waals surface area contributed by atoms with Crippen molar-refractivity contribution in [3.8, 4) is 0 Å². The number of thiazole rings is 1. The fourth-order valence-corrected chi connectivity index (χ4v) is 2.19. The van der Waals surface area contributed by atoms with Crippen molar-refractivity contribution in [1.82, 2.24) is 20.1 Å². The predicted molar refractivity (Wildman–Crippen MR) is 69.1 cm³/mol. The molecule has 96 valence electrons. The molecular formula is C11H15N5OS. The Kier molecular flexibility index (Phi) is 3.73. The topological polar surface area (TPSA) is 85.8 Å². The first-order chi connectivity index (χ1) is 8.56. The van der Waals surface area contributed by atoms with E-state index in [0.717, 1.165) is 10.6 Å². The third-order valence-corrected chi connectivity index (χ3v) is 3.40. The molecule has 2 aromatic rings. The van der Waals surface area contributed by atoms with E-state index in [-0.39, 0.29) is 11.9 Å². The maximum atomic E-state index is 11.8. The summed E-state index contributed by atoms with van der Waals surface area (Å²) in [6, 6.07) is -0.144. The van der Waals surface area contributed by atoms with Crippen molar-refractivity contribution < 1.29 is 4.79 Å². The van der Waals surface area contributed by atoms with Gasteiger partial charge < -0.3 is 11.1 Å². The molecule has 6 nitrogen and oxygen atoms in total. The Bertz CT molecular complexity index is 545. The number of amides is 1. The average Bonchev–Trinajstić information content (AvgIpc) is 2.94. The molecule has 0 bridgehead atoms. The highest BCUT2D eigenvalue weighted by atomic mass is 32.1. The van der Waals surface area contributed by atoms with Crippen LogP contribution in [0.1, 0.15) is 34.0 Å². The van der Waals surface area contributed by atoms with E-state index in [4.69, 9.17) is 5.73 Å². The van der Waals surface area contributed by atoms with Crippen LogP contribution < -0.4 is 11.1 Å². The van der Waals surface area contributed by atoms with Gasteiger partial charge >= 0.3 is 0 Å². The Morgan fingerprint density at radius 3 is 3.00 bits per heavy atom. The molecule has 2 rings (SSSR count). The summed E-state index contributed by atoms with van der Waals surface area (Å²) in [7, 11) is 1.83. The number of hydrogen-bond donors (Lipinski definition) is 2. The van der Waals surface area contributed by atoms with Crippen molar-refractivity contribution in [1.29, 1.82) is 0 Å². The molecule has 18 heavy (non-hydrogen) atoms. The van der Waals surface area contributed by atoms with E-state index < -0.39 is 0 Å². The Morgan fingerprint density at radius 2 is 2.44 bits per heavy atom. The first-order valence-corrected chi connectivity index (χ1v) is 6.41. The smallest absolute Gasteiger partial charge is 0.271 e. The molecule has 0 spiro atoms. The Balaban J connectivity index is 1.95. The highest BCUT2D eigenvalue weighted by molar-refractivity contribution is 7.09. The summed E-state index contributed by atoms with van der Waals surface area (Å²) in [5.41, 5.74) is 7.07. The fourth-order valence-electron chi connectivity index (χ4n) is 1.44. The zero-order valence-corrected chi connectivity index (χ0v) is 11.1. The quantitative estimate of drug-likeness (QED) is 0.857. The largest absolute Gasteiger partial charge is 0.346 e. The van der Waals surface area contributed by atoms with Crippen molar-refractivity contribution in [3.05, 3.63) is 34.0 Å². The molecular weight excluding hydrogens is 250 g/mol. The van der Waals surface area contributed by atoms with E-state index in [2.05, 4.69) is 15.4 Å². The lowest BCUT2D eigenvalue weighted by molar-refractivity contribution is 0.0946.